The predicted octanol–water partition coefficient (Wildman–Crippen LogP) is 2.63. The van der Waals surface area contributed by atoms with Crippen molar-refractivity contribution in [2.75, 3.05) is 11.9 Å². The van der Waals surface area contributed by atoms with Crippen molar-refractivity contribution in [3.63, 3.8) is 0 Å². The third-order valence-electron chi connectivity index (χ3n) is 2.50. The van der Waals surface area contributed by atoms with Crippen molar-refractivity contribution < 1.29 is 13.2 Å². The highest BCUT2D eigenvalue weighted by Gasteiger charge is 2.35. The topological polar surface area (TPSA) is 66.5 Å². The molecule has 0 aromatic carbocycles. The van der Waals surface area contributed by atoms with E-state index in [1.165, 1.54) is 0 Å². The zero-order valence-electron chi connectivity index (χ0n) is 10.1. The number of H-pyrrole nitrogens is 1. The van der Waals surface area contributed by atoms with Crippen molar-refractivity contribution in [2.24, 2.45) is 0 Å². The quantitative estimate of drug-likeness (QED) is 0.831. The molecule has 0 atom stereocenters. The fourth-order valence-electron chi connectivity index (χ4n) is 1.51. The number of aromatic nitrogens is 4. The minimum absolute atomic E-state index is 0.191. The lowest BCUT2D eigenvalue weighted by Gasteiger charge is -2.01. The van der Waals surface area contributed by atoms with Gasteiger partial charge in [0, 0.05) is 12.2 Å². The number of nitrogens with zero attached hydrogens (tertiary/aromatic N) is 3. The third-order valence-corrected chi connectivity index (χ3v) is 3.43. The first-order valence-electron chi connectivity index (χ1n) is 5.60. The second-order valence-corrected chi connectivity index (χ2v) is 4.94. The first-order valence-corrected chi connectivity index (χ1v) is 6.42. The summed E-state index contributed by atoms with van der Waals surface area (Å²) in [5, 5.41) is 15.4. The van der Waals surface area contributed by atoms with E-state index in [2.05, 4.69) is 25.7 Å². The molecule has 0 aliphatic carbocycles. The second kappa shape index (κ2) is 5.55. The van der Waals surface area contributed by atoms with E-state index in [0.717, 1.165) is 24.1 Å². The maximum absolute atomic E-state index is 12.3. The summed E-state index contributed by atoms with van der Waals surface area (Å²) in [6, 6.07) is 0. The molecule has 2 N–H and O–H groups in total. The van der Waals surface area contributed by atoms with Gasteiger partial charge in [-0.2, -0.15) is 18.3 Å². The molecule has 0 amide bonds. The SMILES string of the molecule is Cc1[nH]ncc1CCCNc1nnc(C(F)(F)F)s1. The van der Waals surface area contributed by atoms with E-state index < -0.39 is 11.2 Å². The third kappa shape index (κ3) is 3.66. The summed E-state index contributed by atoms with van der Waals surface area (Å²) in [6.45, 7) is 2.47. The lowest BCUT2D eigenvalue weighted by molar-refractivity contribution is -0.138. The minimum Gasteiger partial charge on any atom is -0.360 e. The van der Waals surface area contributed by atoms with Gasteiger partial charge >= 0.3 is 6.18 Å². The molecule has 0 saturated heterocycles. The van der Waals surface area contributed by atoms with Crippen LogP contribution in [0.15, 0.2) is 6.20 Å². The van der Waals surface area contributed by atoms with Gasteiger partial charge in [0.25, 0.3) is 0 Å². The van der Waals surface area contributed by atoms with Gasteiger partial charge in [-0.15, -0.1) is 10.2 Å². The molecule has 0 unspecified atom stereocenters. The highest BCUT2D eigenvalue weighted by atomic mass is 32.1. The van der Waals surface area contributed by atoms with Gasteiger partial charge < -0.3 is 5.32 Å². The molecule has 2 heterocycles. The van der Waals surface area contributed by atoms with E-state index in [1.54, 1.807) is 6.20 Å². The zero-order chi connectivity index (χ0) is 13.9. The fraction of sp³-hybridized carbons (Fsp3) is 0.500. The largest absolute Gasteiger partial charge is 0.445 e. The average molecular weight is 291 g/mol. The Labute approximate surface area is 111 Å². The van der Waals surface area contributed by atoms with Crippen molar-refractivity contribution in [3.8, 4) is 0 Å². The normalized spacial score (nSPS) is 11.8. The monoisotopic (exact) mass is 291 g/mol. The van der Waals surface area contributed by atoms with Gasteiger partial charge in [0.2, 0.25) is 10.1 Å². The second-order valence-electron chi connectivity index (χ2n) is 3.96. The molecule has 2 aromatic heterocycles. The number of hydrogen-bond acceptors (Lipinski definition) is 5. The van der Waals surface area contributed by atoms with Crippen molar-refractivity contribution in [1.82, 2.24) is 20.4 Å². The molecular weight excluding hydrogens is 279 g/mol. The van der Waals surface area contributed by atoms with Crippen LogP contribution in [0.2, 0.25) is 0 Å². The van der Waals surface area contributed by atoms with Crippen LogP contribution in [-0.4, -0.2) is 26.9 Å². The molecule has 2 aromatic rings. The number of nitrogens with one attached hydrogen (secondary N) is 2. The Bertz CT molecular complexity index is 533. The van der Waals surface area contributed by atoms with E-state index >= 15 is 0 Å². The molecule has 0 saturated carbocycles. The molecule has 19 heavy (non-hydrogen) atoms. The summed E-state index contributed by atoms with van der Waals surface area (Å²) >= 11 is 0.514. The van der Waals surface area contributed by atoms with Gasteiger partial charge in [-0.25, -0.2) is 0 Å². The van der Waals surface area contributed by atoms with E-state index in [0.29, 0.717) is 17.9 Å². The highest BCUT2D eigenvalue weighted by Crippen LogP contribution is 2.32. The van der Waals surface area contributed by atoms with Crippen LogP contribution < -0.4 is 5.32 Å². The lowest BCUT2D eigenvalue weighted by atomic mass is 10.1. The van der Waals surface area contributed by atoms with Crippen LogP contribution in [0.1, 0.15) is 22.7 Å². The Morgan fingerprint density at radius 3 is 2.74 bits per heavy atom. The van der Waals surface area contributed by atoms with E-state index in [1.807, 2.05) is 6.92 Å². The van der Waals surface area contributed by atoms with Gasteiger partial charge in [-0.3, -0.25) is 5.10 Å². The van der Waals surface area contributed by atoms with Gasteiger partial charge in [-0.05, 0) is 25.3 Å². The number of alkyl halides is 3. The number of aromatic amines is 1. The van der Waals surface area contributed by atoms with Crippen LogP contribution in [0.25, 0.3) is 0 Å². The van der Waals surface area contributed by atoms with Gasteiger partial charge in [0.05, 0.1) is 6.20 Å². The van der Waals surface area contributed by atoms with Gasteiger partial charge in [0.1, 0.15) is 0 Å². The molecule has 0 radical (unpaired) electrons. The Morgan fingerprint density at radius 2 is 2.16 bits per heavy atom. The zero-order valence-corrected chi connectivity index (χ0v) is 10.9. The molecular formula is C10H12F3N5S. The molecule has 2 rings (SSSR count). The molecule has 0 aliphatic rings. The van der Waals surface area contributed by atoms with Crippen molar-refractivity contribution in [2.45, 2.75) is 25.9 Å². The van der Waals surface area contributed by atoms with Crippen LogP contribution in [-0.2, 0) is 12.6 Å². The van der Waals surface area contributed by atoms with E-state index in [4.69, 9.17) is 0 Å². The van der Waals surface area contributed by atoms with Crippen molar-refractivity contribution in [3.05, 3.63) is 22.5 Å². The van der Waals surface area contributed by atoms with E-state index in [-0.39, 0.29) is 5.13 Å². The van der Waals surface area contributed by atoms with Crippen LogP contribution in [0.3, 0.4) is 0 Å². The summed E-state index contributed by atoms with van der Waals surface area (Å²) in [4.78, 5) is 0. The van der Waals surface area contributed by atoms with Crippen LogP contribution in [0, 0.1) is 6.92 Å². The summed E-state index contributed by atoms with van der Waals surface area (Å²) in [7, 11) is 0. The number of rotatable bonds is 5. The van der Waals surface area contributed by atoms with Crippen molar-refractivity contribution >= 4 is 16.5 Å². The van der Waals surface area contributed by atoms with Gasteiger partial charge in [-0.1, -0.05) is 11.3 Å². The molecule has 0 aliphatic heterocycles. The fourth-order valence-corrected chi connectivity index (χ4v) is 2.15. The molecule has 0 bridgehead atoms. The Morgan fingerprint density at radius 1 is 1.37 bits per heavy atom. The predicted molar refractivity (Wildman–Crippen MR) is 65.0 cm³/mol. The Balaban J connectivity index is 1.77. The summed E-state index contributed by atoms with van der Waals surface area (Å²) < 4.78 is 36.9. The first kappa shape index (κ1) is 13.8. The molecule has 9 heteroatoms. The summed E-state index contributed by atoms with van der Waals surface area (Å²) in [5.41, 5.74) is 2.12. The summed E-state index contributed by atoms with van der Waals surface area (Å²) in [5.74, 6) is 0. The van der Waals surface area contributed by atoms with Crippen LogP contribution in [0.5, 0.6) is 0 Å². The van der Waals surface area contributed by atoms with Gasteiger partial charge in [0.15, 0.2) is 0 Å². The Hall–Kier alpha value is -1.64. The minimum atomic E-state index is -4.43. The number of hydrogen-bond donors (Lipinski definition) is 2. The molecule has 0 fully saturated rings. The van der Waals surface area contributed by atoms with Crippen LogP contribution in [0.4, 0.5) is 18.3 Å². The van der Waals surface area contributed by atoms with Crippen LogP contribution >= 0.6 is 11.3 Å². The smallest absolute Gasteiger partial charge is 0.360 e. The highest BCUT2D eigenvalue weighted by molar-refractivity contribution is 7.15. The maximum Gasteiger partial charge on any atom is 0.445 e. The standard InChI is InChI=1S/C10H12F3N5S/c1-6-7(5-15-16-6)3-2-4-14-9-18-17-8(19-9)10(11,12)13/h5H,2-4H2,1H3,(H,14,18)(H,15,16). The molecule has 5 nitrogen and oxygen atoms in total. The maximum atomic E-state index is 12.3. The lowest BCUT2D eigenvalue weighted by Crippen LogP contribution is -2.03. The summed E-state index contributed by atoms with van der Waals surface area (Å²) in [6.07, 6.45) is -1.09. The molecule has 104 valence electrons. The molecule has 0 spiro atoms. The first-order chi connectivity index (χ1) is 8.97. The number of anilines is 1. The Kier molecular flexibility index (Phi) is 4.03. The number of halogens is 3. The van der Waals surface area contributed by atoms with E-state index in [9.17, 15) is 13.2 Å². The van der Waals surface area contributed by atoms with Crippen molar-refractivity contribution in [1.29, 1.82) is 0 Å². The number of aryl methyl sites for hydroxylation is 2. The average Bonchev–Trinajstić information content (AvgIpc) is 2.93.